The molecule has 0 bridgehead atoms. The monoisotopic (exact) mass is 337 g/mol. The fourth-order valence-electron chi connectivity index (χ4n) is 2.88. The Balaban J connectivity index is 2.36. The molecule has 7 nitrogen and oxygen atoms in total. The van der Waals surface area contributed by atoms with Crippen LogP contribution in [0.1, 0.15) is 28.8 Å². The summed E-state index contributed by atoms with van der Waals surface area (Å²) in [5, 5.41) is 9.18. The zero-order valence-corrected chi connectivity index (χ0v) is 14.2. The van der Waals surface area contributed by atoms with Crippen molar-refractivity contribution < 1.29 is 28.9 Å². The van der Waals surface area contributed by atoms with Gasteiger partial charge in [0.05, 0.1) is 14.2 Å². The molecule has 0 unspecified atom stereocenters. The molecule has 1 saturated heterocycles. The van der Waals surface area contributed by atoms with E-state index in [9.17, 15) is 14.7 Å². The second-order valence-corrected chi connectivity index (χ2v) is 5.68. The van der Waals surface area contributed by atoms with Crippen LogP contribution in [0.25, 0.3) is 0 Å². The Morgan fingerprint density at radius 1 is 1.21 bits per heavy atom. The smallest absolute Gasteiger partial charge is 0.323 e. The zero-order chi connectivity index (χ0) is 17.7. The van der Waals surface area contributed by atoms with Crippen LogP contribution in [0.4, 0.5) is 0 Å². The first-order valence-corrected chi connectivity index (χ1v) is 7.81. The van der Waals surface area contributed by atoms with Gasteiger partial charge in [-0.1, -0.05) is 0 Å². The first-order chi connectivity index (χ1) is 11.5. The zero-order valence-electron chi connectivity index (χ0n) is 14.2. The first kappa shape index (κ1) is 18.1. The fraction of sp³-hybridized carbons (Fsp3) is 0.529. The van der Waals surface area contributed by atoms with E-state index in [-0.39, 0.29) is 18.5 Å². The molecule has 0 aromatic heterocycles. The maximum absolute atomic E-state index is 12.9. The van der Waals surface area contributed by atoms with Crippen LogP contribution >= 0.6 is 0 Å². The van der Waals surface area contributed by atoms with Crippen LogP contribution in [0.15, 0.2) is 12.1 Å². The normalized spacial score (nSPS) is 15.0. The van der Waals surface area contributed by atoms with Gasteiger partial charge in [-0.3, -0.25) is 9.59 Å². The van der Waals surface area contributed by atoms with Crippen molar-refractivity contribution in [2.45, 2.75) is 25.8 Å². The van der Waals surface area contributed by atoms with Gasteiger partial charge in [0.15, 0.2) is 0 Å². The van der Waals surface area contributed by atoms with Gasteiger partial charge in [0.2, 0.25) is 0 Å². The number of rotatable bonds is 6. The van der Waals surface area contributed by atoms with Crippen molar-refractivity contribution in [1.29, 1.82) is 0 Å². The molecule has 1 aromatic rings. The molecule has 1 N–H and O–H groups in total. The quantitative estimate of drug-likeness (QED) is 0.851. The van der Waals surface area contributed by atoms with Crippen molar-refractivity contribution in [1.82, 2.24) is 4.90 Å². The summed E-state index contributed by atoms with van der Waals surface area (Å²) < 4.78 is 15.9. The summed E-state index contributed by atoms with van der Waals surface area (Å²) in [5.74, 6) is -0.332. The van der Waals surface area contributed by atoms with Gasteiger partial charge in [-0.05, 0) is 31.9 Å². The summed E-state index contributed by atoms with van der Waals surface area (Å²) in [4.78, 5) is 25.5. The van der Waals surface area contributed by atoms with Crippen molar-refractivity contribution in [3.05, 3.63) is 23.3 Å². The van der Waals surface area contributed by atoms with E-state index in [2.05, 4.69) is 0 Å². The molecule has 1 heterocycles. The number of hydrogen-bond acceptors (Lipinski definition) is 5. The van der Waals surface area contributed by atoms with Crippen LogP contribution in [0.2, 0.25) is 0 Å². The average molecular weight is 337 g/mol. The standard InChI is InChI=1S/C17H23NO6/c1-11-14(22-2)8-12(9-15(11)23-3)17(21)18(10-16(19)20)13-4-6-24-7-5-13/h8-9,13H,4-7,10H2,1-3H3,(H,19,20). The highest BCUT2D eigenvalue weighted by Crippen LogP contribution is 2.30. The highest BCUT2D eigenvalue weighted by Gasteiger charge is 2.29. The van der Waals surface area contributed by atoms with E-state index in [4.69, 9.17) is 14.2 Å². The number of methoxy groups -OCH3 is 2. The maximum atomic E-state index is 12.9. The van der Waals surface area contributed by atoms with Gasteiger partial charge in [0.1, 0.15) is 18.0 Å². The predicted octanol–water partition coefficient (Wildman–Crippen LogP) is 1.72. The highest BCUT2D eigenvalue weighted by atomic mass is 16.5. The summed E-state index contributed by atoms with van der Waals surface area (Å²) >= 11 is 0. The van der Waals surface area contributed by atoms with E-state index in [0.29, 0.717) is 43.1 Å². The van der Waals surface area contributed by atoms with Gasteiger partial charge >= 0.3 is 5.97 Å². The number of carboxylic acid groups (broad SMARTS) is 1. The second-order valence-electron chi connectivity index (χ2n) is 5.68. The van der Waals surface area contributed by atoms with E-state index in [0.717, 1.165) is 5.56 Å². The molecule has 7 heteroatoms. The highest BCUT2D eigenvalue weighted by molar-refractivity contribution is 5.97. The van der Waals surface area contributed by atoms with E-state index in [1.807, 2.05) is 6.92 Å². The molecule has 1 aliphatic rings. The SMILES string of the molecule is COc1cc(C(=O)N(CC(=O)O)C2CCOCC2)cc(OC)c1C. The number of nitrogens with zero attached hydrogens (tertiary/aromatic N) is 1. The van der Waals surface area contributed by atoms with Crippen molar-refractivity contribution in [2.75, 3.05) is 34.0 Å². The Kier molecular flexibility index (Phi) is 6.03. The number of carbonyl (C=O) groups excluding carboxylic acids is 1. The number of amides is 1. The summed E-state index contributed by atoms with van der Waals surface area (Å²) in [6, 6.07) is 3.09. The molecule has 1 aromatic carbocycles. The molecular weight excluding hydrogens is 314 g/mol. The van der Waals surface area contributed by atoms with E-state index < -0.39 is 5.97 Å². The van der Waals surface area contributed by atoms with E-state index >= 15 is 0 Å². The summed E-state index contributed by atoms with van der Waals surface area (Å²) in [5.41, 5.74) is 1.13. The van der Waals surface area contributed by atoms with Crippen LogP contribution in [0, 0.1) is 6.92 Å². The van der Waals surface area contributed by atoms with Gasteiger partial charge in [-0.15, -0.1) is 0 Å². The largest absolute Gasteiger partial charge is 0.496 e. The number of carbonyl (C=O) groups is 2. The van der Waals surface area contributed by atoms with Crippen molar-refractivity contribution in [2.24, 2.45) is 0 Å². The molecule has 2 rings (SSSR count). The third-order valence-corrected chi connectivity index (χ3v) is 4.20. The van der Waals surface area contributed by atoms with Crippen LogP contribution in [-0.2, 0) is 9.53 Å². The lowest BCUT2D eigenvalue weighted by molar-refractivity contribution is -0.138. The molecule has 1 fully saturated rings. The number of aliphatic carboxylic acids is 1. The molecule has 132 valence electrons. The van der Waals surface area contributed by atoms with E-state index in [1.54, 1.807) is 12.1 Å². The number of benzene rings is 1. The molecule has 0 aliphatic carbocycles. The molecule has 1 amide bonds. The van der Waals surface area contributed by atoms with Crippen LogP contribution in [0.5, 0.6) is 11.5 Å². The van der Waals surface area contributed by atoms with Crippen LogP contribution < -0.4 is 9.47 Å². The van der Waals surface area contributed by atoms with Crippen molar-refractivity contribution >= 4 is 11.9 Å². The summed E-state index contributed by atoms with van der Waals surface area (Å²) in [7, 11) is 3.03. The molecular formula is C17H23NO6. The second kappa shape index (κ2) is 8.01. The summed E-state index contributed by atoms with van der Waals surface area (Å²) in [6.07, 6.45) is 1.25. The average Bonchev–Trinajstić information content (AvgIpc) is 2.60. The first-order valence-electron chi connectivity index (χ1n) is 7.81. The number of ether oxygens (including phenoxy) is 3. The minimum atomic E-state index is -1.04. The maximum Gasteiger partial charge on any atom is 0.323 e. The Morgan fingerprint density at radius 3 is 2.21 bits per heavy atom. The van der Waals surface area contributed by atoms with Gasteiger partial charge < -0.3 is 24.2 Å². The Labute approximate surface area is 141 Å². The molecule has 24 heavy (non-hydrogen) atoms. The Hall–Kier alpha value is -2.28. The third-order valence-electron chi connectivity index (χ3n) is 4.20. The van der Waals surface area contributed by atoms with Gasteiger partial charge in [-0.2, -0.15) is 0 Å². The lowest BCUT2D eigenvalue weighted by Crippen LogP contribution is -2.46. The lowest BCUT2D eigenvalue weighted by Gasteiger charge is -2.33. The topological polar surface area (TPSA) is 85.3 Å². The molecule has 1 aliphatic heterocycles. The molecule has 0 saturated carbocycles. The molecule has 0 radical (unpaired) electrons. The predicted molar refractivity (Wildman–Crippen MR) is 86.8 cm³/mol. The minimum absolute atomic E-state index is 0.152. The van der Waals surface area contributed by atoms with Gasteiger partial charge in [0.25, 0.3) is 5.91 Å². The van der Waals surface area contributed by atoms with Crippen molar-refractivity contribution in [3.63, 3.8) is 0 Å². The van der Waals surface area contributed by atoms with Gasteiger partial charge in [0, 0.05) is 30.4 Å². The number of hydrogen-bond donors (Lipinski definition) is 1. The van der Waals surface area contributed by atoms with Gasteiger partial charge in [-0.25, -0.2) is 0 Å². The molecule has 0 spiro atoms. The third kappa shape index (κ3) is 3.97. The Morgan fingerprint density at radius 2 is 1.75 bits per heavy atom. The number of carboxylic acids is 1. The molecule has 0 atom stereocenters. The van der Waals surface area contributed by atoms with Crippen LogP contribution in [0.3, 0.4) is 0 Å². The lowest BCUT2D eigenvalue weighted by atomic mass is 10.0. The van der Waals surface area contributed by atoms with Crippen molar-refractivity contribution in [3.8, 4) is 11.5 Å². The van der Waals surface area contributed by atoms with E-state index in [1.165, 1.54) is 19.1 Å². The summed E-state index contributed by atoms with van der Waals surface area (Å²) in [6.45, 7) is 2.53. The minimum Gasteiger partial charge on any atom is -0.496 e. The Bertz CT molecular complexity index is 584. The fourth-order valence-corrected chi connectivity index (χ4v) is 2.88. The van der Waals surface area contributed by atoms with Crippen LogP contribution in [-0.4, -0.2) is 61.9 Å².